The fraction of sp³-hybridized carbons (Fsp3) is 0.909. The Hall–Kier alpha value is -0.410. The Labute approximate surface area is 87.2 Å². The fourth-order valence-electron chi connectivity index (χ4n) is 2.56. The van der Waals surface area contributed by atoms with Crippen molar-refractivity contribution in [3.63, 3.8) is 0 Å². The van der Waals surface area contributed by atoms with E-state index in [4.69, 9.17) is 4.74 Å². The molecule has 0 radical (unpaired) electrons. The van der Waals surface area contributed by atoms with Crippen molar-refractivity contribution in [1.82, 2.24) is 5.32 Å². The van der Waals surface area contributed by atoms with E-state index in [-0.39, 0.29) is 44.8 Å². The highest BCUT2D eigenvalue weighted by Crippen LogP contribution is 2.39. The summed E-state index contributed by atoms with van der Waals surface area (Å²) >= 11 is 0. The third-order valence-corrected chi connectivity index (χ3v) is 3.08. The molecule has 2 rings (SSSR count). The summed E-state index contributed by atoms with van der Waals surface area (Å²) < 4.78 is 5.67. The second-order valence-electron chi connectivity index (χ2n) is 3.74. The molecule has 0 amide bonds. The largest absolute Gasteiger partial charge is 0.373 e. The molecule has 2 heterocycles. The minimum absolute atomic E-state index is 0. The number of rotatable bonds is 2. The number of hydrogen-bond donors (Lipinski definition) is 1. The first-order valence-electron chi connectivity index (χ1n) is 4.57. The molecule has 0 aromatic carbocycles. The average Bonchev–Trinajstić information content (AvgIpc) is 2.60. The molecule has 3 nitrogen and oxygen atoms in total. The SMILES string of the molecule is C.C.CN[C@@H]1[C@H](C(C)=O)[C@@H]2CC[C@H]1O2. The Morgan fingerprint density at radius 1 is 1.29 bits per heavy atom. The molecule has 2 bridgehead atoms. The van der Waals surface area contributed by atoms with Crippen molar-refractivity contribution in [3.8, 4) is 0 Å². The van der Waals surface area contributed by atoms with Gasteiger partial charge in [0.05, 0.1) is 18.1 Å². The molecule has 0 aromatic rings. The Kier molecular flexibility index (Phi) is 4.75. The number of nitrogens with one attached hydrogen (secondary N) is 1. The van der Waals surface area contributed by atoms with Crippen molar-refractivity contribution in [1.29, 1.82) is 0 Å². The van der Waals surface area contributed by atoms with Gasteiger partial charge in [-0.2, -0.15) is 0 Å². The average molecular weight is 201 g/mol. The van der Waals surface area contributed by atoms with Gasteiger partial charge in [-0.3, -0.25) is 4.79 Å². The van der Waals surface area contributed by atoms with Crippen LogP contribution in [0.3, 0.4) is 0 Å². The molecule has 2 aliphatic rings. The van der Waals surface area contributed by atoms with Crippen LogP contribution in [0.1, 0.15) is 34.6 Å². The third-order valence-electron chi connectivity index (χ3n) is 3.08. The van der Waals surface area contributed by atoms with Crippen LogP contribution in [0.5, 0.6) is 0 Å². The lowest BCUT2D eigenvalue weighted by Gasteiger charge is -2.25. The molecule has 3 heteroatoms. The van der Waals surface area contributed by atoms with Crippen LogP contribution in [0.15, 0.2) is 0 Å². The summed E-state index contributed by atoms with van der Waals surface area (Å²) in [7, 11) is 1.91. The number of hydrogen-bond acceptors (Lipinski definition) is 3. The van der Waals surface area contributed by atoms with Crippen LogP contribution in [0.2, 0.25) is 0 Å². The minimum atomic E-state index is 0. The van der Waals surface area contributed by atoms with Crippen LogP contribution in [-0.4, -0.2) is 31.1 Å². The van der Waals surface area contributed by atoms with E-state index in [1.165, 1.54) is 0 Å². The zero-order chi connectivity index (χ0) is 8.72. The number of ether oxygens (including phenoxy) is 1. The van der Waals surface area contributed by atoms with Gasteiger partial charge in [0.1, 0.15) is 5.78 Å². The predicted molar refractivity (Wildman–Crippen MR) is 58.4 cm³/mol. The van der Waals surface area contributed by atoms with E-state index >= 15 is 0 Å². The number of ketones is 1. The van der Waals surface area contributed by atoms with Crippen molar-refractivity contribution in [2.75, 3.05) is 7.05 Å². The molecule has 0 aromatic heterocycles. The summed E-state index contributed by atoms with van der Waals surface area (Å²) in [6.45, 7) is 1.67. The summed E-state index contributed by atoms with van der Waals surface area (Å²) in [4.78, 5) is 11.3. The monoisotopic (exact) mass is 201 g/mol. The van der Waals surface area contributed by atoms with Crippen LogP contribution >= 0.6 is 0 Å². The molecule has 2 aliphatic heterocycles. The Morgan fingerprint density at radius 2 is 1.86 bits per heavy atom. The van der Waals surface area contributed by atoms with E-state index in [0.29, 0.717) is 0 Å². The molecule has 84 valence electrons. The molecular weight excluding hydrogens is 178 g/mol. The van der Waals surface area contributed by atoms with Gasteiger partial charge in [-0.1, -0.05) is 14.9 Å². The van der Waals surface area contributed by atoms with Gasteiger partial charge >= 0.3 is 0 Å². The van der Waals surface area contributed by atoms with Crippen molar-refractivity contribution >= 4 is 5.78 Å². The molecule has 0 unspecified atom stereocenters. The van der Waals surface area contributed by atoms with E-state index in [1.54, 1.807) is 6.92 Å². The first kappa shape index (κ1) is 13.6. The van der Waals surface area contributed by atoms with E-state index in [9.17, 15) is 4.79 Å². The molecule has 2 saturated heterocycles. The number of carbonyl (C=O) groups is 1. The highest BCUT2D eigenvalue weighted by Gasteiger charge is 2.50. The van der Waals surface area contributed by atoms with E-state index in [0.717, 1.165) is 12.8 Å². The van der Waals surface area contributed by atoms with Gasteiger partial charge in [0, 0.05) is 6.04 Å². The van der Waals surface area contributed by atoms with Crippen molar-refractivity contribution in [2.45, 2.75) is 52.9 Å². The summed E-state index contributed by atoms with van der Waals surface area (Å²) in [5, 5.41) is 3.18. The second-order valence-corrected chi connectivity index (χ2v) is 3.74. The first-order valence-corrected chi connectivity index (χ1v) is 4.57. The van der Waals surface area contributed by atoms with Gasteiger partial charge in [0.25, 0.3) is 0 Å². The topological polar surface area (TPSA) is 38.3 Å². The standard InChI is InChI=1S/C9H15NO2.2CH4/c1-5(11)8-6-3-4-7(12-6)9(8)10-2;;/h6-10H,3-4H2,1-2H3;2*1H4/t6-,7+,8+,9-;;/m0../s1. The second kappa shape index (κ2) is 4.89. The quantitative estimate of drug-likeness (QED) is 0.737. The molecule has 0 spiro atoms. The number of likely N-dealkylation sites (N-methyl/N-ethyl adjacent to an activating group) is 1. The highest BCUT2D eigenvalue weighted by molar-refractivity contribution is 5.80. The summed E-state index contributed by atoms with van der Waals surface area (Å²) in [5.41, 5.74) is 0. The zero-order valence-corrected chi connectivity index (χ0v) is 7.54. The van der Waals surface area contributed by atoms with Crippen molar-refractivity contribution < 1.29 is 9.53 Å². The summed E-state index contributed by atoms with van der Waals surface area (Å²) in [6.07, 6.45) is 2.66. The van der Waals surface area contributed by atoms with Gasteiger partial charge in [-0.05, 0) is 26.8 Å². The number of fused-ring (bicyclic) bond motifs is 2. The van der Waals surface area contributed by atoms with Crippen LogP contribution in [0, 0.1) is 5.92 Å². The molecule has 0 saturated carbocycles. The normalized spacial score (nSPS) is 38.7. The van der Waals surface area contributed by atoms with Crippen molar-refractivity contribution in [3.05, 3.63) is 0 Å². The van der Waals surface area contributed by atoms with E-state index in [2.05, 4.69) is 5.32 Å². The molecular formula is C11H23NO2. The van der Waals surface area contributed by atoms with E-state index in [1.807, 2.05) is 7.05 Å². The van der Waals surface area contributed by atoms with Gasteiger partial charge in [-0.15, -0.1) is 0 Å². The third kappa shape index (κ3) is 1.84. The van der Waals surface area contributed by atoms with Gasteiger partial charge in [-0.25, -0.2) is 0 Å². The fourth-order valence-corrected chi connectivity index (χ4v) is 2.56. The van der Waals surface area contributed by atoms with Gasteiger partial charge < -0.3 is 10.1 Å². The number of Topliss-reactive ketones (excluding diaryl/α,β-unsaturated/α-hetero) is 1. The van der Waals surface area contributed by atoms with Crippen LogP contribution in [-0.2, 0) is 9.53 Å². The molecule has 1 N–H and O–H groups in total. The lowest BCUT2D eigenvalue weighted by molar-refractivity contribution is -0.122. The maximum absolute atomic E-state index is 11.3. The van der Waals surface area contributed by atoms with Crippen LogP contribution in [0.4, 0.5) is 0 Å². The van der Waals surface area contributed by atoms with E-state index < -0.39 is 0 Å². The number of carbonyl (C=O) groups excluding carboxylic acids is 1. The Bertz CT molecular complexity index is 205. The molecule has 4 atom stereocenters. The maximum Gasteiger partial charge on any atom is 0.137 e. The summed E-state index contributed by atoms with van der Waals surface area (Å²) in [5.74, 6) is 0.371. The first-order chi connectivity index (χ1) is 5.74. The maximum atomic E-state index is 11.3. The highest BCUT2D eigenvalue weighted by atomic mass is 16.5. The Morgan fingerprint density at radius 3 is 2.29 bits per heavy atom. The smallest absolute Gasteiger partial charge is 0.137 e. The lowest BCUT2D eigenvalue weighted by atomic mass is 9.82. The zero-order valence-electron chi connectivity index (χ0n) is 7.54. The minimum Gasteiger partial charge on any atom is -0.373 e. The lowest BCUT2D eigenvalue weighted by Crippen LogP contribution is -2.45. The van der Waals surface area contributed by atoms with Crippen molar-refractivity contribution in [2.24, 2.45) is 5.92 Å². The molecule has 2 fully saturated rings. The van der Waals surface area contributed by atoms with Crippen LogP contribution < -0.4 is 5.32 Å². The predicted octanol–water partition coefficient (Wildman–Crippen LogP) is 1.61. The van der Waals surface area contributed by atoms with Crippen LogP contribution in [0.25, 0.3) is 0 Å². The van der Waals surface area contributed by atoms with Gasteiger partial charge in [0.15, 0.2) is 0 Å². The Balaban J connectivity index is 0.000000845. The molecule has 14 heavy (non-hydrogen) atoms. The van der Waals surface area contributed by atoms with Gasteiger partial charge in [0.2, 0.25) is 0 Å². The molecule has 0 aliphatic carbocycles. The summed E-state index contributed by atoms with van der Waals surface area (Å²) in [6, 6.07) is 0.265.